The first-order valence-corrected chi connectivity index (χ1v) is 8.72. The van der Waals surface area contributed by atoms with Crippen LogP contribution in [0.3, 0.4) is 0 Å². The van der Waals surface area contributed by atoms with Crippen LogP contribution in [0.4, 0.5) is 5.95 Å². The zero-order valence-electron chi connectivity index (χ0n) is 17.0. The molecule has 0 atom stereocenters. The van der Waals surface area contributed by atoms with E-state index in [9.17, 15) is 0 Å². The Kier molecular flexibility index (Phi) is 5.92. The Bertz CT molecular complexity index is 998. The summed E-state index contributed by atoms with van der Waals surface area (Å²) in [6.07, 6.45) is 0. The van der Waals surface area contributed by atoms with Gasteiger partial charge in [-0.05, 0) is 36.4 Å². The number of aromatic nitrogens is 2. The number of anilines is 1. The first-order valence-electron chi connectivity index (χ1n) is 8.72. The number of benzene rings is 2. The maximum Gasteiger partial charge on any atom is 0.221 e. The van der Waals surface area contributed by atoms with Crippen LogP contribution in [0.5, 0.6) is 28.7 Å². The van der Waals surface area contributed by atoms with Crippen LogP contribution in [-0.4, -0.2) is 45.5 Å². The highest BCUT2D eigenvalue weighted by Gasteiger charge is 2.16. The topological polar surface area (TPSA) is 98.0 Å². The molecule has 0 amide bonds. The fourth-order valence-corrected chi connectivity index (χ4v) is 2.99. The highest BCUT2D eigenvalue weighted by Crippen LogP contribution is 2.41. The maximum absolute atomic E-state index is 5.99. The van der Waals surface area contributed by atoms with Crippen LogP contribution in [-0.2, 0) is 0 Å². The van der Waals surface area contributed by atoms with E-state index in [0.29, 0.717) is 40.1 Å². The van der Waals surface area contributed by atoms with Gasteiger partial charge in [0.2, 0.25) is 11.7 Å². The lowest BCUT2D eigenvalue weighted by Gasteiger charge is -2.14. The molecule has 0 spiro atoms. The molecule has 0 fully saturated rings. The first-order chi connectivity index (χ1) is 14.0. The average Bonchev–Trinajstić information content (AvgIpc) is 2.76. The fourth-order valence-electron chi connectivity index (χ4n) is 2.99. The second kappa shape index (κ2) is 8.55. The zero-order chi connectivity index (χ0) is 21.0. The van der Waals surface area contributed by atoms with E-state index >= 15 is 0 Å². The molecular weight excluding hydrogens is 374 g/mol. The van der Waals surface area contributed by atoms with E-state index in [2.05, 4.69) is 9.97 Å². The minimum absolute atomic E-state index is 0.140. The van der Waals surface area contributed by atoms with Crippen molar-refractivity contribution in [2.45, 2.75) is 0 Å². The van der Waals surface area contributed by atoms with Crippen LogP contribution >= 0.6 is 0 Å². The number of nitrogen functional groups attached to an aromatic ring is 1. The van der Waals surface area contributed by atoms with Gasteiger partial charge in [-0.25, -0.2) is 9.97 Å². The van der Waals surface area contributed by atoms with Gasteiger partial charge < -0.3 is 29.4 Å². The number of nitrogens with two attached hydrogens (primary N) is 1. The molecule has 1 aromatic heterocycles. The standard InChI is InChI=1S/C21H23N3O5/c1-25-16-7-6-12(8-17(16)26-2)14-11-15(24-21(22)23-14)13-9-18(27-3)20(29-5)19(10-13)28-4/h6-11H,1-5H3,(H2,22,23,24). The highest BCUT2D eigenvalue weighted by molar-refractivity contribution is 5.74. The van der Waals surface area contributed by atoms with E-state index in [0.717, 1.165) is 11.1 Å². The number of hydrogen-bond acceptors (Lipinski definition) is 8. The monoisotopic (exact) mass is 397 g/mol. The summed E-state index contributed by atoms with van der Waals surface area (Å²) in [7, 11) is 7.84. The van der Waals surface area contributed by atoms with Crippen LogP contribution in [0.2, 0.25) is 0 Å². The lowest BCUT2D eigenvalue weighted by molar-refractivity contribution is 0.324. The van der Waals surface area contributed by atoms with Gasteiger partial charge in [0.1, 0.15) is 0 Å². The molecule has 0 aliphatic heterocycles. The van der Waals surface area contributed by atoms with Crippen LogP contribution in [0, 0.1) is 0 Å². The van der Waals surface area contributed by atoms with Gasteiger partial charge in [0.05, 0.1) is 46.9 Å². The van der Waals surface area contributed by atoms with Gasteiger partial charge >= 0.3 is 0 Å². The van der Waals surface area contributed by atoms with Gasteiger partial charge in [0.15, 0.2) is 23.0 Å². The van der Waals surface area contributed by atoms with Crippen LogP contribution in [0.15, 0.2) is 36.4 Å². The number of nitrogens with zero attached hydrogens (tertiary/aromatic N) is 2. The number of methoxy groups -OCH3 is 5. The Morgan fingerprint density at radius 2 is 1.10 bits per heavy atom. The molecule has 0 aliphatic carbocycles. The van der Waals surface area contributed by atoms with Crippen LogP contribution in [0.25, 0.3) is 22.5 Å². The molecule has 8 heteroatoms. The lowest BCUT2D eigenvalue weighted by atomic mass is 10.1. The number of ether oxygens (including phenoxy) is 5. The van der Waals surface area contributed by atoms with Gasteiger partial charge in [-0.15, -0.1) is 0 Å². The van der Waals surface area contributed by atoms with Crippen molar-refractivity contribution >= 4 is 5.95 Å². The van der Waals surface area contributed by atoms with Crippen molar-refractivity contribution in [2.75, 3.05) is 41.3 Å². The summed E-state index contributed by atoms with van der Waals surface area (Å²) in [5.74, 6) is 2.90. The molecule has 0 saturated heterocycles. The summed E-state index contributed by atoms with van der Waals surface area (Å²) in [6.45, 7) is 0. The van der Waals surface area contributed by atoms with Crippen molar-refractivity contribution in [3.05, 3.63) is 36.4 Å². The summed E-state index contributed by atoms with van der Waals surface area (Å²) < 4.78 is 26.9. The zero-order valence-corrected chi connectivity index (χ0v) is 17.0. The second-order valence-corrected chi connectivity index (χ2v) is 5.98. The van der Waals surface area contributed by atoms with Gasteiger partial charge in [0.25, 0.3) is 0 Å². The summed E-state index contributed by atoms with van der Waals surface area (Å²) >= 11 is 0. The van der Waals surface area contributed by atoms with Gasteiger partial charge in [0, 0.05) is 11.1 Å². The predicted molar refractivity (Wildman–Crippen MR) is 110 cm³/mol. The third-order valence-electron chi connectivity index (χ3n) is 4.38. The molecule has 3 rings (SSSR count). The Labute approximate surface area is 169 Å². The molecular formula is C21H23N3O5. The van der Waals surface area contributed by atoms with Crippen LogP contribution < -0.4 is 29.4 Å². The number of hydrogen-bond donors (Lipinski definition) is 1. The van der Waals surface area contributed by atoms with Crippen molar-refractivity contribution in [3.63, 3.8) is 0 Å². The van der Waals surface area contributed by atoms with E-state index in [4.69, 9.17) is 29.4 Å². The van der Waals surface area contributed by atoms with Crippen molar-refractivity contribution in [1.29, 1.82) is 0 Å². The van der Waals surface area contributed by atoms with E-state index in [-0.39, 0.29) is 5.95 Å². The van der Waals surface area contributed by atoms with Gasteiger partial charge in [-0.3, -0.25) is 0 Å². The summed E-state index contributed by atoms with van der Waals surface area (Å²) in [5.41, 5.74) is 8.80. The molecule has 1 heterocycles. The predicted octanol–water partition coefficient (Wildman–Crippen LogP) is 3.44. The molecule has 0 bridgehead atoms. The van der Waals surface area contributed by atoms with Crippen molar-refractivity contribution in [1.82, 2.24) is 9.97 Å². The van der Waals surface area contributed by atoms with E-state index in [1.807, 2.05) is 36.4 Å². The minimum Gasteiger partial charge on any atom is -0.493 e. The molecule has 0 radical (unpaired) electrons. The normalized spacial score (nSPS) is 10.4. The second-order valence-electron chi connectivity index (χ2n) is 5.98. The molecule has 3 aromatic rings. The lowest BCUT2D eigenvalue weighted by Crippen LogP contribution is -2.00. The SMILES string of the molecule is COc1ccc(-c2cc(-c3cc(OC)c(OC)c(OC)c3)nc(N)n2)cc1OC. The molecule has 2 aromatic carbocycles. The molecule has 29 heavy (non-hydrogen) atoms. The molecule has 0 unspecified atom stereocenters. The average molecular weight is 397 g/mol. The van der Waals surface area contributed by atoms with E-state index in [1.54, 1.807) is 35.5 Å². The molecule has 0 aliphatic rings. The molecule has 2 N–H and O–H groups in total. The third-order valence-corrected chi connectivity index (χ3v) is 4.38. The highest BCUT2D eigenvalue weighted by atomic mass is 16.5. The van der Waals surface area contributed by atoms with Crippen LogP contribution in [0.1, 0.15) is 0 Å². The van der Waals surface area contributed by atoms with Crippen molar-refractivity contribution in [3.8, 4) is 51.3 Å². The largest absolute Gasteiger partial charge is 0.493 e. The van der Waals surface area contributed by atoms with Gasteiger partial charge in [-0.2, -0.15) is 0 Å². The maximum atomic E-state index is 5.99. The van der Waals surface area contributed by atoms with E-state index in [1.165, 1.54) is 0 Å². The Morgan fingerprint density at radius 3 is 1.62 bits per heavy atom. The summed E-state index contributed by atoms with van der Waals surface area (Å²) in [4.78, 5) is 8.73. The quantitative estimate of drug-likeness (QED) is 0.647. The summed E-state index contributed by atoms with van der Waals surface area (Å²) in [6, 6.07) is 11.0. The van der Waals surface area contributed by atoms with E-state index < -0.39 is 0 Å². The Morgan fingerprint density at radius 1 is 0.586 bits per heavy atom. The summed E-state index contributed by atoms with van der Waals surface area (Å²) in [5, 5.41) is 0. The van der Waals surface area contributed by atoms with Crippen molar-refractivity contribution < 1.29 is 23.7 Å². The smallest absolute Gasteiger partial charge is 0.221 e. The first kappa shape index (κ1) is 20.1. The number of rotatable bonds is 7. The van der Waals surface area contributed by atoms with Gasteiger partial charge in [-0.1, -0.05) is 0 Å². The van der Waals surface area contributed by atoms with Crippen molar-refractivity contribution in [2.24, 2.45) is 0 Å². The third kappa shape index (κ3) is 3.96. The Balaban J connectivity index is 2.13. The fraction of sp³-hybridized carbons (Fsp3) is 0.238. The Hall–Kier alpha value is -3.68. The molecule has 152 valence electrons. The molecule has 8 nitrogen and oxygen atoms in total. The molecule has 0 saturated carbocycles. The minimum atomic E-state index is 0.140.